The van der Waals surface area contributed by atoms with E-state index in [1.54, 1.807) is 11.0 Å². The molecule has 0 fully saturated rings. The number of ether oxygens (including phenoxy) is 2. The van der Waals surface area contributed by atoms with Gasteiger partial charge in [-0.05, 0) is 49.9 Å². The summed E-state index contributed by atoms with van der Waals surface area (Å²) in [5.41, 5.74) is 4.99. The number of carbonyl (C=O) groups is 2. The Balaban J connectivity index is 1.34. The Morgan fingerprint density at radius 3 is 2.74 bits per heavy atom. The third kappa shape index (κ3) is 5.34. The molecule has 1 aliphatic heterocycles. The summed E-state index contributed by atoms with van der Waals surface area (Å²) in [4.78, 5) is 28.4. The highest BCUT2D eigenvalue weighted by Gasteiger charge is 2.31. The number of anilines is 1. The van der Waals surface area contributed by atoms with Crippen LogP contribution in [-0.2, 0) is 29.1 Å². The van der Waals surface area contributed by atoms with Crippen LogP contribution in [0.25, 0.3) is 0 Å². The monoisotopic (exact) mass is 476 g/mol. The number of phenols is 1. The van der Waals surface area contributed by atoms with Crippen molar-refractivity contribution in [1.82, 2.24) is 14.8 Å². The molecule has 9 heteroatoms. The third-order valence-corrected chi connectivity index (χ3v) is 6.10. The van der Waals surface area contributed by atoms with Gasteiger partial charge in [-0.2, -0.15) is 5.10 Å². The van der Waals surface area contributed by atoms with E-state index < -0.39 is 5.97 Å². The fourth-order valence-corrected chi connectivity index (χ4v) is 4.14. The van der Waals surface area contributed by atoms with E-state index in [1.807, 2.05) is 44.2 Å². The molecule has 2 heterocycles. The molecule has 0 spiro atoms. The van der Waals surface area contributed by atoms with Gasteiger partial charge in [-0.25, -0.2) is 14.5 Å². The molecule has 1 aliphatic rings. The Hall–Kier alpha value is -4.14. The Morgan fingerprint density at radius 2 is 2.06 bits per heavy atom. The molecule has 0 saturated carbocycles. The van der Waals surface area contributed by atoms with Crippen molar-refractivity contribution in [3.63, 3.8) is 0 Å². The van der Waals surface area contributed by atoms with Gasteiger partial charge in [0.2, 0.25) is 5.91 Å². The quantitative estimate of drug-likeness (QED) is 0.355. The molecular weight excluding hydrogens is 448 g/mol. The Bertz CT molecular complexity index is 1260. The van der Waals surface area contributed by atoms with Crippen LogP contribution in [0.2, 0.25) is 0 Å². The number of nitrogens with one attached hydrogen (secondary N) is 1. The van der Waals surface area contributed by atoms with E-state index in [-0.39, 0.29) is 23.8 Å². The maximum absolute atomic E-state index is 12.4. The number of carbonyl (C=O) groups excluding carboxylic acids is 2. The summed E-state index contributed by atoms with van der Waals surface area (Å²) in [5, 5.41) is 17.7. The van der Waals surface area contributed by atoms with Gasteiger partial charge >= 0.3 is 5.97 Å². The van der Waals surface area contributed by atoms with E-state index in [0.717, 1.165) is 22.4 Å². The summed E-state index contributed by atoms with van der Waals surface area (Å²) in [7, 11) is 1.54. The summed E-state index contributed by atoms with van der Waals surface area (Å²) < 4.78 is 12.3. The lowest BCUT2D eigenvalue weighted by Crippen LogP contribution is -2.11. The molecule has 9 nitrogen and oxygen atoms in total. The second-order valence-electron chi connectivity index (χ2n) is 8.51. The zero-order chi connectivity index (χ0) is 24.9. The Labute approximate surface area is 203 Å². The van der Waals surface area contributed by atoms with Crippen molar-refractivity contribution in [2.45, 2.75) is 46.3 Å². The topological polar surface area (TPSA) is 116 Å². The van der Waals surface area contributed by atoms with Gasteiger partial charge in [-0.3, -0.25) is 4.79 Å². The number of fused-ring (bicyclic) bond motifs is 1. The minimum atomic E-state index is -0.520. The largest absolute Gasteiger partial charge is 0.507 e. The molecule has 35 heavy (non-hydrogen) atoms. The molecule has 1 amide bonds. The van der Waals surface area contributed by atoms with Gasteiger partial charge in [0.1, 0.15) is 36.3 Å². The number of allylic oxidation sites excluding steroid dienone is 2. The number of cyclic esters (lactones) is 1. The van der Waals surface area contributed by atoms with Crippen LogP contribution < -0.4 is 10.1 Å². The number of hydrogen-bond donors (Lipinski definition) is 2. The average molecular weight is 477 g/mol. The van der Waals surface area contributed by atoms with Crippen LogP contribution in [-0.4, -0.2) is 38.9 Å². The first-order chi connectivity index (χ1) is 16.9. The van der Waals surface area contributed by atoms with E-state index in [0.29, 0.717) is 42.7 Å². The van der Waals surface area contributed by atoms with E-state index in [2.05, 4.69) is 15.4 Å². The predicted octanol–water partition coefficient (Wildman–Crippen LogP) is 3.93. The van der Waals surface area contributed by atoms with Crippen molar-refractivity contribution in [1.29, 1.82) is 0 Å². The minimum Gasteiger partial charge on any atom is -0.507 e. The lowest BCUT2D eigenvalue weighted by atomic mass is 9.94. The molecule has 0 aliphatic carbocycles. The van der Waals surface area contributed by atoms with Crippen molar-refractivity contribution >= 4 is 17.6 Å². The van der Waals surface area contributed by atoms with Gasteiger partial charge in [0.25, 0.3) is 0 Å². The molecule has 182 valence electrons. The molecule has 0 saturated heterocycles. The third-order valence-electron chi connectivity index (χ3n) is 6.10. The number of rotatable bonds is 9. The minimum absolute atomic E-state index is 0.0849. The van der Waals surface area contributed by atoms with E-state index >= 15 is 0 Å². The summed E-state index contributed by atoms with van der Waals surface area (Å²) in [5.74, 6) is -0.153. The predicted molar refractivity (Wildman–Crippen MR) is 129 cm³/mol. The van der Waals surface area contributed by atoms with E-state index in [1.165, 1.54) is 13.4 Å². The highest BCUT2D eigenvalue weighted by molar-refractivity contribution is 5.98. The van der Waals surface area contributed by atoms with Gasteiger partial charge in [-0.15, -0.1) is 0 Å². The van der Waals surface area contributed by atoms with Crippen molar-refractivity contribution < 1.29 is 24.2 Å². The number of aromatic hydroxyl groups is 1. The highest BCUT2D eigenvalue weighted by Crippen LogP contribution is 2.42. The lowest BCUT2D eigenvalue weighted by molar-refractivity contribution is -0.116. The first-order valence-corrected chi connectivity index (χ1v) is 11.3. The second-order valence-corrected chi connectivity index (χ2v) is 8.51. The molecule has 0 radical (unpaired) electrons. The standard InChI is InChI=1S/C26H28N4O5/c1-16(4-10-20-24(32)23-21(13-35-26(23)33)17(2)25(20)34-3)5-11-22(31)29-19-8-6-18(7-9-19)12-30-15-27-14-28-30/h4,6-9,14-15,32H,5,10-13H2,1-3H3,(H,29,31)/b16-4+. The molecule has 2 N–H and O–H groups in total. The summed E-state index contributed by atoms with van der Waals surface area (Å²) in [6.45, 7) is 4.54. The number of methoxy groups -OCH3 is 1. The smallest absolute Gasteiger partial charge is 0.342 e. The number of aromatic nitrogens is 3. The van der Waals surface area contributed by atoms with Gasteiger partial charge < -0.3 is 19.9 Å². The summed E-state index contributed by atoms with van der Waals surface area (Å²) >= 11 is 0. The Kier molecular flexibility index (Phi) is 7.14. The van der Waals surface area contributed by atoms with Crippen LogP contribution >= 0.6 is 0 Å². The lowest BCUT2D eigenvalue weighted by Gasteiger charge is -2.15. The van der Waals surface area contributed by atoms with Crippen molar-refractivity contribution in [2.24, 2.45) is 0 Å². The van der Waals surface area contributed by atoms with Gasteiger partial charge in [0.05, 0.1) is 13.7 Å². The zero-order valence-corrected chi connectivity index (χ0v) is 20.0. The van der Waals surface area contributed by atoms with Crippen LogP contribution in [0.15, 0.2) is 48.6 Å². The van der Waals surface area contributed by atoms with Crippen LogP contribution in [0.4, 0.5) is 5.69 Å². The SMILES string of the molecule is COc1c(C)c2c(c(O)c1C/C=C(\C)CCC(=O)Nc1ccc(Cn3cncn3)cc1)C(=O)OC2. The van der Waals surface area contributed by atoms with Crippen LogP contribution in [0.1, 0.15) is 52.4 Å². The first kappa shape index (κ1) is 24.0. The molecule has 2 aromatic carbocycles. The number of nitrogens with zero attached hydrogens (tertiary/aromatic N) is 3. The fourth-order valence-electron chi connectivity index (χ4n) is 4.14. The van der Waals surface area contributed by atoms with Crippen molar-refractivity contribution in [3.8, 4) is 11.5 Å². The summed E-state index contributed by atoms with van der Waals surface area (Å²) in [6, 6.07) is 7.61. The maximum Gasteiger partial charge on any atom is 0.342 e. The molecule has 1 aromatic heterocycles. The van der Waals surface area contributed by atoms with Crippen molar-refractivity contribution in [3.05, 3.63) is 76.4 Å². The fraction of sp³-hybridized carbons (Fsp3) is 0.308. The van der Waals surface area contributed by atoms with Crippen LogP contribution in [0, 0.1) is 6.92 Å². The van der Waals surface area contributed by atoms with Gasteiger partial charge in [-0.1, -0.05) is 23.8 Å². The molecule has 4 rings (SSSR count). The van der Waals surface area contributed by atoms with Gasteiger partial charge in [0, 0.05) is 23.2 Å². The van der Waals surface area contributed by atoms with E-state index in [4.69, 9.17) is 9.47 Å². The van der Waals surface area contributed by atoms with Gasteiger partial charge in [0.15, 0.2) is 0 Å². The number of benzene rings is 2. The number of amides is 1. The highest BCUT2D eigenvalue weighted by atomic mass is 16.5. The molecule has 0 atom stereocenters. The zero-order valence-electron chi connectivity index (χ0n) is 20.0. The maximum atomic E-state index is 12.4. The number of phenolic OH excluding ortho intramolecular Hbond substituents is 1. The second kappa shape index (κ2) is 10.4. The normalized spacial score (nSPS) is 12.9. The van der Waals surface area contributed by atoms with Crippen LogP contribution in [0.5, 0.6) is 11.5 Å². The first-order valence-electron chi connectivity index (χ1n) is 11.3. The van der Waals surface area contributed by atoms with Crippen LogP contribution in [0.3, 0.4) is 0 Å². The Morgan fingerprint density at radius 1 is 1.29 bits per heavy atom. The summed E-state index contributed by atoms with van der Waals surface area (Å²) in [6.07, 6.45) is 6.34. The van der Waals surface area contributed by atoms with E-state index in [9.17, 15) is 14.7 Å². The molecular formula is C26H28N4O5. The van der Waals surface area contributed by atoms with Crippen molar-refractivity contribution in [2.75, 3.05) is 12.4 Å². The number of hydrogen-bond acceptors (Lipinski definition) is 7. The number of esters is 1. The molecule has 0 bridgehead atoms. The molecule has 3 aromatic rings. The molecule has 0 unspecified atom stereocenters. The average Bonchev–Trinajstić information content (AvgIpc) is 3.50.